The lowest BCUT2D eigenvalue weighted by molar-refractivity contribution is 0.519. The average Bonchev–Trinajstić information content (AvgIpc) is 2.85. The Balaban J connectivity index is 0.00000200. The molecular formula is C12H17Cl3N2O2S. The van der Waals surface area contributed by atoms with E-state index in [0.29, 0.717) is 17.5 Å². The van der Waals surface area contributed by atoms with Gasteiger partial charge in [0.25, 0.3) is 0 Å². The second-order valence-electron chi connectivity index (χ2n) is 4.62. The van der Waals surface area contributed by atoms with E-state index in [1.54, 1.807) is 6.07 Å². The van der Waals surface area contributed by atoms with Gasteiger partial charge < -0.3 is 5.32 Å². The number of sulfonamides is 1. The summed E-state index contributed by atoms with van der Waals surface area (Å²) in [6, 6.07) is 4.41. The molecule has 0 spiro atoms. The first-order valence-electron chi connectivity index (χ1n) is 6.14. The molecule has 0 radical (unpaired) electrons. The molecule has 1 unspecified atom stereocenters. The molecule has 4 nitrogen and oxygen atoms in total. The van der Waals surface area contributed by atoms with Crippen LogP contribution in [0.2, 0.25) is 10.0 Å². The van der Waals surface area contributed by atoms with Gasteiger partial charge in [-0.25, -0.2) is 13.1 Å². The Bertz CT molecular complexity index is 546. The van der Waals surface area contributed by atoms with Gasteiger partial charge in [-0.2, -0.15) is 0 Å². The van der Waals surface area contributed by atoms with Crippen molar-refractivity contribution < 1.29 is 8.42 Å². The Labute approximate surface area is 135 Å². The highest BCUT2D eigenvalue weighted by molar-refractivity contribution is 7.89. The normalized spacial score (nSPS) is 18.8. The molecule has 8 heteroatoms. The molecule has 1 fully saturated rings. The van der Waals surface area contributed by atoms with Gasteiger partial charge in [-0.3, -0.25) is 0 Å². The molecule has 0 aromatic heterocycles. The van der Waals surface area contributed by atoms with Gasteiger partial charge in [0.15, 0.2) is 0 Å². The highest BCUT2D eigenvalue weighted by Gasteiger charge is 2.19. The molecule has 2 N–H and O–H groups in total. The van der Waals surface area contributed by atoms with Gasteiger partial charge in [0.05, 0.1) is 5.02 Å². The summed E-state index contributed by atoms with van der Waals surface area (Å²) < 4.78 is 26.8. The van der Waals surface area contributed by atoms with Crippen LogP contribution in [0.4, 0.5) is 0 Å². The fourth-order valence-corrected chi connectivity index (χ4v) is 3.93. The minimum Gasteiger partial charge on any atom is -0.316 e. The Morgan fingerprint density at radius 1 is 1.35 bits per heavy atom. The van der Waals surface area contributed by atoms with E-state index in [1.807, 2.05) is 0 Å². The van der Waals surface area contributed by atoms with Crippen LogP contribution in [0.15, 0.2) is 23.1 Å². The third-order valence-electron chi connectivity index (χ3n) is 3.19. The van der Waals surface area contributed by atoms with Crippen molar-refractivity contribution in [2.75, 3.05) is 19.6 Å². The van der Waals surface area contributed by atoms with Crippen molar-refractivity contribution in [1.82, 2.24) is 10.0 Å². The van der Waals surface area contributed by atoms with Gasteiger partial charge in [0, 0.05) is 11.6 Å². The molecule has 1 saturated heterocycles. The van der Waals surface area contributed by atoms with E-state index in [4.69, 9.17) is 23.2 Å². The summed E-state index contributed by atoms with van der Waals surface area (Å²) in [6.07, 6.45) is 1.92. The van der Waals surface area contributed by atoms with Crippen LogP contribution < -0.4 is 10.0 Å². The van der Waals surface area contributed by atoms with E-state index >= 15 is 0 Å². The van der Waals surface area contributed by atoms with E-state index in [9.17, 15) is 8.42 Å². The third kappa shape index (κ3) is 4.76. The first-order chi connectivity index (χ1) is 8.99. The molecule has 1 heterocycles. The quantitative estimate of drug-likeness (QED) is 0.850. The highest BCUT2D eigenvalue weighted by Crippen LogP contribution is 2.24. The maximum absolute atomic E-state index is 12.1. The van der Waals surface area contributed by atoms with E-state index < -0.39 is 10.0 Å². The van der Waals surface area contributed by atoms with Crippen LogP contribution in [0.25, 0.3) is 0 Å². The lowest BCUT2D eigenvalue weighted by atomic mass is 10.1. The van der Waals surface area contributed by atoms with Gasteiger partial charge in [-0.1, -0.05) is 23.2 Å². The summed E-state index contributed by atoms with van der Waals surface area (Å²) >= 11 is 11.7. The first kappa shape index (κ1) is 18.0. The van der Waals surface area contributed by atoms with Crippen molar-refractivity contribution in [3.8, 4) is 0 Å². The average molecular weight is 360 g/mol. The van der Waals surface area contributed by atoms with Gasteiger partial charge in [0.2, 0.25) is 10.0 Å². The van der Waals surface area contributed by atoms with Crippen molar-refractivity contribution in [3.63, 3.8) is 0 Å². The molecule has 0 aliphatic carbocycles. The first-order valence-corrected chi connectivity index (χ1v) is 8.38. The fourth-order valence-electron chi connectivity index (χ4n) is 2.12. The fraction of sp³-hybridized carbons (Fsp3) is 0.500. The van der Waals surface area contributed by atoms with E-state index in [-0.39, 0.29) is 22.3 Å². The molecule has 114 valence electrons. The third-order valence-corrected chi connectivity index (χ3v) is 5.37. The Hall–Kier alpha value is -0.0400. The van der Waals surface area contributed by atoms with E-state index in [2.05, 4.69) is 10.0 Å². The van der Waals surface area contributed by atoms with Crippen LogP contribution in [0.5, 0.6) is 0 Å². The number of hydrogen-bond acceptors (Lipinski definition) is 3. The van der Waals surface area contributed by atoms with Gasteiger partial charge in [-0.05, 0) is 50.0 Å². The van der Waals surface area contributed by atoms with Gasteiger partial charge in [0.1, 0.15) is 4.90 Å². The van der Waals surface area contributed by atoms with Crippen LogP contribution in [-0.2, 0) is 10.0 Å². The second kappa shape index (κ2) is 7.82. The van der Waals surface area contributed by atoms with Gasteiger partial charge in [-0.15, -0.1) is 12.4 Å². The smallest absolute Gasteiger partial charge is 0.242 e. The molecule has 1 aliphatic heterocycles. The van der Waals surface area contributed by atoms with Crippen molar-refractivity contribution in [3.05, 3.63) is 28.2 Å². The minimum atomic E-state index is -3.59. The second-order valence-corrected chi connectivity index (χ2v) is 7.20. The zero-order valence-electron chi connectivity index (χ0n) is 10.7. The van der Waals surface area contributed by atoms with Crippen molar-refractivity contribution in [2.24, 2.45) is 5.92 Å². The van der Waals surface area contributed by atoms with Crippen molar-refractivity contribution in [1.29, 1.82) is 0 Å². The lowest BCUT2D eigenvalue weighted by Gasteiger charge is -2.11. The molecule has 0 amide bonds. The summed E-state index contributed by atoms with van der Waals surface area (Å²) in [4.78, 5) is 0.0335. The molecule has 2 rings (SSSR count). The predicted octanol–water partition coefficient (Wildman–Crippen LogP) is 2.69. The highest BCUT2D eigenvalue weighted by atomic mass is 35.5. The van der Waals surface area contributed by atoms with Gasteiger partial charge >= 0.3 is 0 Å². The van der Waals surface area contributed by atoms with Crippen LogP contribution in [0, 0.1) is 5.92 Å². The number of benzene rings is 1. The van der Waals surface area contributed by atoms with Crippen LogP contribution in [0.1, 0.15) is 12.8 Å². The molecule has 1 atom stereocenters. The molecule has 20 heavy (non-hydrogen) atoms. The summed E-state index contributed by atoms with van der Waals surface area (Å²) in [6.45, 7) is 2.38. The molecule has 1 aromatic rings. The number of rotatable bonds is 5. The van der Waals surface area contributed by atoms with Crippen LogP contribution in [0.3, 0.4) is 0 Å². The molecule has 1 aromatic carbocycles. The van der Waals surface area contributed by atoms with Crippen LogP contribution in [-0.4, -0.2) is 28.1 Å². The standard InChI is InChI=1S/C12H16Cl2N2O2S.ClH/c13-10-1-2-11(14)12(7-10)19(17,18)16-6-4-9-3-5-15-8-9;/h1-2,7,9,15-16H,3-6,8H2;1H. The lowest BCUT2D eigenvalue weighted by Crippen LogP contribution is -2.27. The Kier molecular flexibility index (Phi) is 7.04. The topological polar surface area (TPSA) is 58.2 Å². The number of nitrogens with one attached hydrogen (secondary N) is 2. The van der Waals surface area contributed by atoms with Crippen LogP contribution >= 0.6 is 35.6 Å². The maximum Gasteiger partial charge on any atom is 0.242 e. The SMILES string of the molecule is Cl.O=S(=O)(NCCC1CCNC1)c1cc(Cl)ccc1Cl. The Morgan fingerprint density at radius 2 is 2.10 bits per heavy atom. The van der Waals surface area contributed by atoms with E-state index in [0.717, 1.165) is 25.9 Å². The largest absolute Gasteiger partial charge is 0.316 e. The molecule has 1 aliphatic rings. The number of halogens is 3. The minimum absolute atomic E-state index is 0. The number of hydrogen-bond donors (Lipinski definition) is 2. The van der Waals surface area contributed by atoms with E-state index in [1.165, 1.54) is 12.1 Å². The Morgan fingerprint density at radius 3 is 2.75 bits per heavy atom. The zero-order chi connectivity index (χ0) is 13.9. The molecule has 0 bridgehead atoms. The molecule has 0 saturated carbocycles. The summed E-state index contributed by atoms with van der Waals surface area (Å²) in [5.41, 5.74) is 0. The van der Waals surface area contributed by atoms with Crippen molar-refractivity contribution >= 4 is 45.6 Å². The van der Waals surface area contributed by atoms with Crippen molar-refractivity contribution in [2.45, 2.75) is 17.7 Å². The predicted molar refractivity (Wildman–Crippen MR) is 84.5 cm³/mol. The maximum atomic E-state index is 12.1. The monoisotopic (exact) mass is 358 g/mol. The summed E-state index contributed by atoms with van der Waals surface area (Å²) in [7, 11) is -3.59. The molecular weight excluding hydrogens is 343 g/mol. The summed E-state index contributed by atoms with van der Waals surface area (Å²) in [5.74, 6) is 0.539. The zero-order valence-corrected chi connectivity index (χ0v) is 13.9. The summed E-state index contributed by atoms with van der Waals surface area (Å²) in [5, 5.41) is 3.78.